The van der Waals surface area contributed by atoms with Gasteiger partial charge in [0.15, 0.2) is 0 Å². The van der Waals surface area contributed by atoms with Crippen molar-refractivity contribution in [2.75, 3.05) is 5.32 Å². The van der Waals surface area contributed by atoms with E-state index in [1.165, 1.54) is 28.0 Å². The van der Waals surface area contributed by atoms with Gasteiger partial charge in [-0.15, -0.1) is 22.7 Å². The minimum Gasteiger partial charge on any atom is -0.323 e. The second kappa shape index (κ2) is 8.55. The number of carbonyl (C=O) groups excluding carboxylic acids is 1. The smallest absolute Gasteiger partial charge is 0.323 e. The summed E-state index contributed by atoms with van der Waals surface area (Å²) in [6, 6.07) is 9.10. The molecule has 0 bridgehead atoms. The van der Waals surface area contributed by atoms with Crippen LogP contribution in [0, 0.1) is 5.82 Å². The third-order valence-corrected chi connectivity index (χ3v) is 6.66. The first-order valence-corrected chi connectivity index (χ1v) is 11.1. The first kappa shape index (κ1) is 20.5. The molecule has 6 nitrogen and oxygen atoms in total. The standard InChI is InChI=1S/C20H15ClFN3O3S2/c21-14-4-3-12(22)10-15(14)23-17(26)11-25-16-6-9-30-18(16)19(27)24(20(25)28)7-5-13-2-1-8-29-13/h1-4,6,8-10H,5,7,11H2,(H,23,26). The first-order chi connectivity index (χ1) is 14.4. The number of aromatic nitrogens is 2. The molecule has 154 valence electrons. The van der Waals surface area contributed by atoms with Gasteiger partial charge < -0.3 is 5.32 Å². The van der Waals surface area contributed by atoms with Gasteiger partial charge in [-0.05, 0) is 47.5 Å². The Kier molecular flexibility index (Phi) is 5.85. The van der Waals surface area contributed by atoms with Crippen molar-refractivity contribution in [3.05, 3.63) is 83.7 Å². The van der Waals surface area contributed by atoms with Crippen molar-refractivity contribution < 1.29 is 9.18 Å². The van der Waals surface area contributed by atoms with E-state index in [0.29, 0.717) is 16.6 Å². The molecule has 1 aromatic carbocycles. The van der Waals surface area contributed by atoms with Crippen molar-refractivity contribution in [1.29, 1.82) is 0 Å². The molecule has 0 unspecified atom stereocenters. The summed E-state index contributed by atoms with van der Waals surface area (Å²) in [5.74, 6) is -1.10. The highest BCUT2D eigenvalue weighted by Gasteiger charge is 2.17. The van der Waals surface area contributed by atoms with E-state index >= 15 is 0 Å². The molecule has 10 heteroatoms. The van der Waals surface area contributed by atoms with Crippen LogP contribution in [0.4, 0.5) is 10.1 Å². The number of halogens is 2. The average Bonchev–Trinajstić information content (AvgIpc) is 3.40. The third-order valence-electron chi connectivity index (χ3n) is 4.50. The van der Waals surface area contributed by atoms with E-state index in [1.807, 2.05) is 17.5 Å². The van der Waals surface area contributed by atoms with Gasteiger partial charge in [0.1, 0.15) is 17.1 Å². The number of nitrogens with zero attached hydrogens (tertiary/aromatic N) is 2. The summed E-state index contributed by atoms with van der Waals surface area (Å²) < 4.78 is 16.3. The molecular formula is C20H15ClFN3O3S2. The Hall–Kier alpha value is -2.75. The van der Waals surface area contributed by atoms with Crippen molar-refractivity contribution in [2.45, 2.75) is 19.5 Å². The predicted molar refractivity (Wildman–Crippen MR) is 118 cm³/mol. The number of carbonyl (C=O) groups is 1. The van der Waals surface area contributed by atoms with E-state index < -0.39 is 17.4 Å². The summed E-state index contributed by atoms with van der Waals surface area (Å²) in [4.78, 5) is 39.4. The molecule has 0 fully saturated rings. The highest BCUT2D eigenvalue weighted by atomic mass is 35.5. The van der Waals surface area contributed by atoms with Gasteiger partial charge in [-0.1, -0.05) is 17.7 Å². The lowest BCUT2D eigenvalue weighted by Gasteiger charge is -2.13. The average molecular weight is 464 g/mol. The normalized spacial score (nSPS) is 11.1. The topological polar surface area (TPSA) is 73.1 Å². The fraction of sp³-hybridized carbons (Fsp3) is 0.150. The Morgan fingerprint density at radius 1 is 1.10 bits per heavy atom. The van der Waals surface area contributed by atoms with E-state index in [2.05, 4.69) is 5.32 Å². The van der Waals surface area contributed by atoms with Gasteiger partial charge in [0.05, 0.1) is 16.2 Å². The second-order valence-electron chi connectivity index (χ2n) is 6.46. The van der Waals surface area contributed by atoms with Crippen LogP contribution in [-0.4, -0.2) is 15.0 Å². The molecule has 30 heavy (non-hydrogen) atoms. The highest BCUT2D eigenvalue weighted by Crippen LogP contribution is 2.22. The van der Waals surface area contributed by atoms with Gasteiger partial charge in [0, 0.05) is 11.4 Å². The zero-order valence-corrected chi connectivity index (χ0v) is 17.8. The van der Waals surface area contributed by atoms with Gasteiger partial charge in [0.25, 0.3) is 5.56 Å². The van der Waals surface area contributed by atoms with Gasteiger partial charge in [-0.25, -0.2) is 9.18 Å². The number of nitrogens with one attached hydrogen (secondary N) is 1. The maximum Gasteiger partial charge on any atom is 0.332 e. The summed E-state index contributed by atoms with van der Waals surface area (Å²) in [6.07, 6.45) is 0.536. The van der Waals surface area contributed by atoms with Crippen molar-refractivity contribution >= 4 is 56.1 Å². The number of aryl methyl sites for hydroxylation is 1. The van der Waals surface area contributed by atoms with Crippen LogP contribution in [0.25, 0.3) is 10.2 Å². The SMILES string of the molecule is O=C(Cn1c(=O)n(CCc2cccs2)c(=O)c2sccc21)Nc1cc(F)ccc1Cl. The molecular weight excluding hydrogens is 449 g/mol. The van der Waals surface area contributed by atoms with E-state index in [0.717, 1.165) is 15.5 Å². The summed E-state index contributed by atoms with van der Waals surface area (Å²) in [5, 5.41) is 6.33. The Labute approximate surface area is 182 Å². The summed E-state index contributed by atoms with van der Waals surface area (Å²) in [6.45, 7) is -0.123. The van der Waals surface area contributed by atoms with E-state index in [4.69, 9.17) is 11.6 Å². The summed E-state index contributed by atoms with van der Waals surface area (Å²) >= 11 is 8.76. The maximum atomic E-state index is 13.5. The highest BCUT2D eigenvalue weighted by molar-refractivity contribution is 7.17. The number of amides is 1. The molecule has 0 aliphatic carbocycles. The number of fused-ring (bicyclic) bond motifs is 1. The minimum atomic E-state index is -0.567. The second-order valence-corrected chi connectivity index (χ2v) is 8.82. The molecule has 0 saturated heterocycles. The molecule has 0 aliphatic heterocycles. The van der Waals surface area contributed by atoms with Crippen molar-refractivity contribution in [3.63, 3.8) is 0 Å². The van der Waals surface area contributed by atoms with Crippen molar-refractivity contribution in [2.24, 2.45) is 0 Å². The third kappa shape index (κ3) is 4.09. The Morgan fingerprint density at radius 3 is 2.70 bits per heavy atom. The number of anilines is 1. The predicted octanol–water partition coefficient (Wildman–Crippen LogP) is 3.96. The molecule has 0 spiro atoms. The Balaban J connectivity index is 1.67. The fourth-order valence-corrected chi connectivity index (χ4v) is 4.79. The van der Waals surface area contributed by atoms with Crippen LogP contribution in [0.5, 0.6) is 0 Å². The lowest BCUT2D eigenvalue weighted by molar-refractivity contribution is -0.116. The molecule has 1 N–H and O–H groups in total. The Bertz CT molecular complexity index is 1340. The van der Waals surface area contributed by atoms with Crippen LogP contribution in [0.2, 0.25) is 5.02 Å². The largest absolute Gasteiger partial charge is 0.332 e. The molecule has 0 atom stereocenters. The van der Waals surface area contributed by atoms with Crippen LogP contribution in [-0.2, 0) is 24.3 Å². The fourth-order valence-electron chi connectivity index (χ4n) is 3.09. The number of benzene rings is 1. The lowest BCUT2D eigenvalue weighted by Crippen LogP contribution is -2.41. The molecule has 3 aromatic heterocycles. The van der Waals surface area contributed by atoms with Gasteiger partial charge in [0.2, 0.25) is 5.91 Å². The number of thiophene rings is 2. The van der Waals surface area contributed by atoms with E-state index in [1.54, 1.807) is 22.8 Å². The van der Waals surface area contributed by atoms with Gasteiger partial charge >= 0.3 is 5.69 Å². The van der Waals surface area contributed by atoms with Crippen LogP contribution in [0.15, 0.2) is 56.7 Å². The first-order valence-electron chi connectivity index (χ1n) is 8.92. The zero-order valence-electron chi connectivity index (χ0n) is 15.4. The summed E-state index contributed by atoms with van der Waals surface area (Å²) in [7, 11) is 0. The number of hydrogen-bond donors (Lipinski definition) is 1. The number of rotatable bonds is 6. The van der Waals surface area contributed by atoms with E-state index in [9.17, 15) is 18.8 Å². The van der Waals surface area contributed by atoms with Crippen molar-refractivity contribution in [3.8, 4) is 0 Å². The molecule has 3 heterocycles. The molecule has 1 amide bonds. The molecule has 0 saturated carbocycles. The van der Waals surface area contributed by atoms with Crippen molar-refractivity contribution in [1.82, 2.24) is 9.13 Å². The van der Waals surface area contributed by atoms with Crippen LogP contribution in [0.1, 0.15) is 4.88 Å². The van der Waals surface area contributed by atoms with Crippen LogP contribution in [0.3, 0.4) is 0 Å². The lowest BCUT2D eigenvalue weighted by atomic mass is 10.3. The van der Waals surface area contributed by atoms with Gasteiger partial charge in [-0.3, -0.25) is 18.7 Å². The molecule has 4 rings (SSSR count). The monoisotopic (exact) mass is 463 g/mol. The van der Waals surface area contributed by atoms with Crippen LogP contribution < -0.4 is 16.6 Å². The van der Waals surface area contributed by atoms with E-state index in [-0.39, 0.29) is 29.4 Å². The summed E-state index contributed by atoms with van der Waals surface area (Å²) in [5.41, 5.74) is -0.431. The zero-order chi connectivity index (χ0) is 21.3. The minimum absolute atomic E-state index is 0.113. The maximum absolute atomic E-state index is 13.5. The number of hydrogen-bond acceptors (Lipinski definition) is 5. The van der Waals surface area contributed by atoms with Gasteiger partial charge in [-0.2, -0.15) is 0 Å². The molecule has 4 aromatic rings. The molecule has 0 radical (unpaired) electrons. The quantitative estimate of drug-likeness (QED) is 0.470. The molecule has 0 aliphatic rings. The van der Waals surface area contributed by atoms with Crippen LogP contribution >= 0.6 is 34.3 Å². The Morgan fingerprint density at radius 2 is 1.93 bits per heavy atom.